The summed E-state index contributed by atoms with van der Waals surface area (Å²) in [5.74, 6) is 0. The first-order valence-electron chi connectivity index (χ1n) is 3.73. The Morgan fingerprint density at radius 3 is 2.78 bits per heavy atom. The summed E-state index contributed by atoms with van der Waals surface area (Å²) in [6, 6.07) is 0.856. The normalized spacial score (nSPS) is 36.7. The minimum atomic E-state index is 0.856. The summed E-state index contributed by atoms with van der Waals surface area (Å²) in [5, 5.41) is 3.37. The molecule has 2 saturated heterocycles. The van der Waals surface area contributed by atoms with Crippen LogP contribution in [0.1, 0.15) is 6.42 Å². The van der Waals surface area contributed by atoms with E-state index in [9.17, 15) is 0 Å². The van der Waals surface area contributed by atoms with Gasteiger partial charge in [-0.3, -0.25) is 4.90 Å². The molecule has 2 heteroatoms. The van der Waals surface area contributed by atoms with Crippen molar-refractivity contribution in [1.82, 2.24) is 10.2 Å². The number of hydrogen-bond donors (Lipinski definition) is 1. The molecule has 2 aliphatic rings. The van der Waals surface area contributed by atoms with Gasteiger partial charge < -0.3 is 5.32 Å². The molecule has 9 heavy (non-hydrogen) atoms. The molecular weight excluding hydrogens is 112 g/mol. The second-order valence-electron chi connectivity index (χ2n) is 2.89. The Morgan fingerprint density at radius 2 is 2.33 bits per heavy atom. The highest BCUT2D eigenvalue weighted by molar-refractivity contribution is 4.93. The average molecular weight is 125 g/mol. The number of nitrogens with one attached hydrogen (secondary N) is 1. The summed E-state index contributed by atoms with van der Waals surface area (Å²) < 4.78 is 0. The van der Waals surface area contributed by atoms with Gasteiger partial charge in [-0.05, 0) is 19.4 Å². The molecule has 0 bridgehead atoms. The zero-order valence-corrected chi connectivity index (χ0v) is 5.64. The van der Waals surface area contributed by atoms with Crippen molar-refractivity contribution in [3.8, 4) is 0 Å². The van der Waals surface area contributed by atoms with Gasteiger partial charge in [0.2, 0.25) is 0 Å². The Bertz CT molecular complexity index is 93.1. The van der Waals surface area contributed by atoms with Crippen molar-refractivity contribution in [2.24, 2.45) is 0 Å². The van der Waals surface area contributed by atoms with Crippen LogP contribution < -0.4 is 5.32 Å². The molecule has 0 saturated carbocycles. The van der Waals surface area contributed by atoms with Crippen LogP contribution in [0.25, 0.3) is 0 Å². The van der Waals surface area contributed by atoms with E-state index in [-0.39, 0.29) is 0 Å². The lowest BCUT2D eigenvalue weighted by molar-refractivity contribution is 0.180. The maximum atomic E-state index is 3.37. The summed E-state index contributed by atoms with van der Waals surface area (Å²) in [7, 11) is 0. The third-order valence-corrected chi connectivity index (χ3v) is 2.28. The lowest BCUT2D eigenvalue weighted by atomic mass is 10.1. The number of rotatable bonds is 1. The van der Waals surface area contributed by atoms with Gasteiger partial charge in [0.15, 0.2) is 0 Å². The second-order valence-corrected chi connectivity index (χ2v) is 2.89. The Labute approximate surface area is 56.2 Å². The minimum Gasteiger partial charge on any atom is -0.315 e. The summed E-state index contributed by atoms with van der Waals surface area (Å²) in [4.78, 5) is 2.53. The van der Waals surface area contributed by atoms with Crippen LogP contribution in [0.15, 0.2) is 0 Å². The van der Waals surface area contributed by atoms with Gasteiger partial charge in [0.25, 0.3) is 0 Å². The van der Waals surface area contributed by atoms with Crippen molar-refractivity contribution in [3.63, 3.8) is 0 Å². The summed E-state index contributed by atoms with van der Waals surface area (Å²) in [5.41, 5.74) is 0. The maximum Gasteiger partial charge on any atom is 0.0232 e. The van der Waals surface area contributed by atoms with Gasteiger partial charge in [-0.1, -0.05) is 0 Å². The molecule has 0 aliphatic carbocycles. The molecule has 2 aliphatic heterocycles. The molecule has 51 valence electrons. The molecule has 1 unspecified atom stereocenters. The Hall–Kier alpha value is -0.0800. The highest BCUT2D eigenvalue weighted by Gasteiger charge is 2.25. The predicted octanol–water partition coefficient (Wildman–Crippen LogP) is -0.132. The molecule has 2 rings (SSSR count). The molecule has 1 N–H and O–H groups in total. The summed E-state index contributed by atoms with van der Waals surface area (Å²) >= 11 is 0. The molecule has 0 aromatic rings. The predicted molar refractivity (Wildman–Crippen MR) is 37.1 cm³/mol. The second kappa shape index (κ2) is 2.27. The largest absolute Gasteiger partial charge is 0.315 e. The fourth-order valence-electron chi connectivity index (χ4n) is 1.53. The van der Waals surface area contributed by atoms with Crippen LogP contribution in [-0.2, 0) is 0 Å². The van der Waals surface area contributed by atoms with Crippen molar-refractivity contribution < 1.29 is 0 Å². The van der Waals surface area contributed by atoms with Crippen molar-refractivity contribution in [2.75, 3.05) is 26.2 Å². The van der Waals surface area contributed by atoms with Gasteiger partial charge in [0.05, 0.1) is 0 Å². The number of likely N-dealkylation sites (tertiary alicyclic amines) is 1. The van der Waals surface area contributed by atoms with Crippen LogP contribution in [0.2, 0.25) is 0 Å². The molecule has 2 nitrogen and oxygen atoms in total. The van der Waals surface area contributed by atoms with E-state index in [0.29, 0.717) is 0 Å². The molecule has 0 amide bonds. The fourth-order valence-corrected chi connectivity index (χ4v) is 1.53. The summed E-state index contributed by atoms with van der Waals surface area (Å²) in [6.45, 7) is 4.90. The lowest BCUT2D eigenvalue weighted by Crippen LogP contribution is -2.46. The van der Waals surface area contributed by atoms with Gasteiger partial charge in [-0.25, -0.2) is 0 Å². The quantitative estimate of drug-likeness (QED) is 0.525. The monoisotopic (exact) mass is 125 g/mol. The molecule has 0 aromatic carbocycles. The Morgan fingerprint density at radius 1 is 1.44 bits per heavy atom. The third-order valence-electron chi connectivity index (χ3n) is 2.28. The van der Waals surface area contributed by atoms with Crippen molar-refractivity contribution in [1.29, 1.82) is 0 Å². The van der Waals surface area contributed by atoms with E-state index < -0.39 is 0 Å². The van der Waals surface area contributed by atoms with E-state index in [1.165, 1.54) is 32.6 Å². The van der Waals surface area contributed by atoms with Crippen molar-refractivity contribution in [2.45, 2.75) is 12.5 Å². The highest BCUT2D eigenvalue weighted by atomic mass is 15.2. The molecule has 0 aromatic heterocycles. The average Bonchev–Trinajstić information content (AvgIpc) is 2.11. The summed E-state index contributed by atoms with van der Waals surface area (Å²) in [6.07, 6.45) is 3.69. The van der Waals surface area contributed by atoms with Crippen LogP contribution >= 0.6 is 0 Å². The van der Waals surface area contributed by atoms with Crippen LogP contribution in [0.5, 0.6) is 0 Å². The van der Waals surface area contributed by atoms with Gasteiger partial charge >= 0.3 is 0 Å². The standard InChI is InChI=1S/C7H13N2/c1-4-9(5-1)7-2-3-8-6-7/h1,7-8H,2-6H2. The van der Waals surface area contributed by atoms with Crippen LogP contribution in [0, 0.1) is 6.42 Å². The van der Waals surface area contributed by atoms with E-state index in [0.717, 1.165) is 6.04 Å². The Kier molecular flexibility index (Phi) is 1.44. The maximum absolute atomic E-state index is 3.37. The topological polar surface area (TPSA) is 15.3 Å². The van der Waals surface area contributed by atoms with E-state index in [2.05, 4.69) is 16.6 Å². The van der Waals surface area contributed by atoms with Crippen molar-refractivity contribution in [3.05, 3.63) is 6.42 Å². The first-order valence-corrected chi connectivity index (χ1v) is 3.73. The Balaban J connectivity index is 1.82. The smallest absolute Gasteiger partial charge is 0.0232 e. The first kappa shape index (κ1) is 5.69. The van der Waals surface area contributed by atoms with E-state index >= 15 is 0 Å². The molecule has 1 atom stereocenters. The zero-order valence-electron chi connectivity index (χ0n) is 5.64. The SMILES string of the molecule is [CH]1CN(C2CCNC2)C1. The van der Waals surface area contributed by atoms with Gasteiger partial charge in [0.1, 0.15) is 0 Å². The molecule has 2 heterocycles. The number of hydrogen-bond acceptors (Lipinski definition) is 2. The number of nitrogens with zero attached hydrogens (tertiary/aromatic N) is 1. The van der Waals surface area contributed by atoms with E-state index in [1.54, 1.807) is 0 Å². The zero-order chi connectivity index (χ0) is 6.10. The van der Waals surface area contributed by atoms with E-state index in [4.69, 9.17) is 0 Å². The molecule has 1 radical (unpaired) electrons. The van der Waals surface area contributed by atoms with Gasteiger partial charge in [-0.15, -0.1) is 0 Å². The fraction of sp³-hybridized carbons (Fsp3) is 0.857. The van der Waals surface area contributed by atoms with Gasteiger partial charge in [0, 0.05) is 25.7 Å². The van der Waals surface area contributed by atoms with Crippen molar-refractivity contribution >= 4 is 0 Å². The third kappa shape index (κ3) is 0.970. The lowest BCUT2D eigenvalue weighted by Gasteiger charge is -2.35. The molecule has 2 fully saturated rings. The highest BCUT2D eigenvalue weighted by Crippen LogP contribution is 2.14. The van der Waals surface area contributed by atoms with E-state index in [1.807, 2.05) is 0 Å². The first-order chi connectivity index (χ1) is 4.47. The minimum absolute atomic E-state index is 0.856. The molecule has 0 spiro atoms. The van der Waals surface area contributed by atoms with Crippen LogP contribution in [-0.4, -0.2) is 37.1 Å². The molecular formula is C7H13N2. The van der Waals surface area contributed by atoms with Crippen LogP contribution in [0.3, 0.4) is 0 Å². The van der Waals surface area contributed by atoms with Gasteiger partial charge in [-0.2, -0.15) is 0 Å². The van der Waals surface area contributed by atoms with Crippen LogP contribution in [0.4, 0.5) is 0 Å².